The van der Waals surface area contributed by atoms with Crippen LogP contribution in [0.15, 0.2) is 34.8 Å². The monoisotopic (exact) mass is 480 g/mol. The normalized spacial score (nSPS) is 27.7. The van der Waals surface area contributed by atoms with Crippen LogP contribution in [0.4, 0.5) is 0 Å². The molecule has 0 aliphatic heterocycles. The van der Waals surface area contributed by atoms with Gasteiger partial charge in [-0.15, -0.1) is 0 Å². The van der Waals surface area contributed by atoms with Gasteiger partial charge in [0.15, 0.2) is 11.4 Å². The fourth-order valence-corrected chi connectivity index (χ4v) is 5.65. The maximum atomic E-state index is 13.6. The summed E-state index contributed by atoms with van der Waals surface area (Å²) >= 11 is 0. The molecular formula is C26H28N2O7. The lowest BCUT2D eigenvalue weighted by atomic mass is 9.58. The Morgan fingerprint density at radius 3 is 2.51 bits per heavy atom. The van der Waals surface area contributed by atoms with E-state index in [0.29, 0.717) is 17.5 Å². The standard InChI is InChI=1S/C26H28N2O7/c1-4-5-6-7-12-8-9-16(29)18-14(12)10-13-11-15-20(28(2)3)22(31)19(25(27)34)24(33)26(15,35)23(32)17(13)21(18)30/h8-9,13,15,20,29,31-32,35H,4-5,10-11H2,1-3H3,(H2,27,34)/t13-,15-,20-,26-/m1/s1. The molecular weight excluding hydrogens is 452 g/mol. The molecule has 0 aromatic heterocycles. The maximum absolute atomic E-state index is 13.6. The van der Waals surface area contributed by atoms with Crippen molar-refractivity contribution in [3.8, 4) is 17.6 Å². The SMILES string of the molecule is CCCC#Cc1ccc(O)c2c1C[C@@H]1C[C@@H]3[C@@H](N(C)C)C(O)=C(C(N)=O)C(=O)[C@]3(O)C(O)=C1C2=O. The number of phenols is 1. The van der Waals surface area contributed by atoms with Crippen molar-refractivity contribution in [2.45, 2.75) is 44.2 Å². The van der Waals surface area contributed by atoms with Crippen LogP contribution in [-0.2, 0) is 16.0 Å². The highest BCUT2D eigenvalue weighted by atomic mass is 16.3. The van der Waals surface area contributed by atoms with Crippen LogP contribution in [0.3, 0.4) is 0 Å². The molecule has 3 aliphatic carbocycles. The fraction of sp³-hybridized carbons (Fsp3) is 0.423. The van der Waals surface area contributed by atoms with Gasteiger partial charge >= 0.3 is 0 Å². The summed E-state index contributed by atoms with van der Waals surface area (Å²) in [7, 11) is 3.18. The average Bonchev–Trinajstić information content (AvgIpc) is 2.77. The number of nitrogens with two attached hydrogens (primary N) is 1. The van der Waals surface area contributed by atoms with Crippen LogP contribution in [0.2, 0.25) is 0 Å². The Balaban J connectivity index is 1.94. The lowest BCUT2D eigenvalue weighted by Gasteiger charge is -2.50. The van der Waals surface area contributed by atoms with E-state index >= 15 is 0 Å². The number of allylic oxidation sites excluding steroid dienone is 1. The molecule has 0 saturated carbocycles. The molecule has 9 nitrogen and oxygen atoms in total. The van der Waals surface area contributed by atoms with Crippen molar-refractivity contribution in [1.29, 1.82) is 0 Å². The topological polar surface area (TPSA) is 161 Å². The number of hydrogen-bond donors (Lipinski definition) is 5. The zero-order valence-electron chi connectivity index (χ0n) is 19.8. The first-order valence-corrected chi connectivity index (χ1v) is 11.4. The Morgan fingerprint density at radius 2 is 1.91 bits per heavy atom. The number of aromatic hydroxyl groups is 1. The van der Waals surface area contributed by atoms with Crippen LogP contribution in [0, 0.1) is 23.7 Å². The van der Waals surface area contributed by atoms with E-state index in [0.717, 1.165) is 6.42 Å². The van der Waals surface area contributed by atoms with Gasteiger partial charge in [-0.1, -0.05) is 18.8 Å². The summed E-state index contributed by atoms with van der Waals surface area (Å²) in [6.07, 6.45) is 1.79. The summed E-state index contributed by atoms with van der Waals surface area (Å²) in [6, 6.07) is 1.97. The van der Waals surface area contributed by atoms with Gasteiger partial charge in [0.05, 0.1) is 11.6 Å². The Hall–Kier alpha value is -3.61. The lowest BCUT2D eigenvalue weighted by Crippen LogP contribution is -2.63. The molecule has 3 aliphatic rings. The van der Waals surface area contributed by atoms with E-state index in [9.17, 15) is 34.8 Å². The predicted octanol–water partition coefficient (Wildman–Crippen LogP) is 1.27. The van der Waals surface area contributed by atoms with Crippen molar-refractivity contribution in [3.05, 3.63) is 51.5 Å². The van der Waals surface area contributed by atoms with Gasteiger partial charge in [0.1, 0.15) is 22.8 Å². The Bertz CT molecular complexity index is 1280. The highest BCUT2D eigenvalue weighted by molar-refractivity contribution is 6.24. The molecule has 0 radical (unpaired) electrons. The van der Waals surface area contributed by atoms with Crippen molar-refractivity contribution in [1.82, 2.24) is 4.90 Å². The first-order valence-electron chi connectivity index (χ1n) is 11.4. The van der Waals surface area contributed by atoms with Gasteiger partial charge in [0.25, 0.3) is 5.91 Å². The zero-order valence-corrected chi connectivity index (χ0v) is 19.8. The van der Waals surface area contributed by atoms with E-state index in [1.807, 2.05) is 6.92 Å². The van der Waals surface area contributed by atoms with E-state index in [2.05, 4.69) is 11.8 Å². The third-order valence-corrected chi connectivity index (χ3v) is 7.20. The summed E-state index contributed by atoms with van der Waals surface area (Å²) in [4.78, 5) is 40.3. The number of phenolic OH excluding ortho intramolecular Hbond substituents is 1. The molecule has 0 fully saturated rings. The van der Waals surface area contributed by atoms with Crippen molar-refractivity contribution >= 4 is 17.5 Å². The summed E-state index contributed by atoms with van der Waals surface area (Å²) < 4.78 is 0. The zero-order chi connectivity index (χ0) is 25.8. The fourth-order valence-electron chi connectivity index (χ4n) is 5.65. The number of aliphatic hydroxyl groups is 3. The first-order chi connectivity index (χ1) is 16.5. The molecule has 0 unspecified atom stereocenters. The second kappa shape index (κ2) is 8.56. The number of carbonyl (C=O) groups is 3. The summed E-state index contributed by atoms with van der Waals surface area (Å²) in [5, 5.41) is 44.1. The number of amides is 1. The van der Waals surface area contributed by atoms with Gasteiger partial charge in [-0.25, -0.2) is 0 Å². The number of fused-ring (bicyclic) bond motifs is 3. The number of carbonyl (C=O) groups excluding carboxylic acids is 3. The van der Waals surface area contributed by atoms with E-state index in [1.54, 1.807) is 20.2 Å². The smallest absolute Gasteiger partial charge is 0.255 e. The largest absolute Gasteiger partial charge is 0.510 e. The number of aliphatic hydroxyl groups excluding tert-OH is 2. The van der Waals surface area contributed by atoms with Crippen molar-refractivity contribution in [2.75, 3.05) is 14.1 Å². The lowest BCUT2D eigenvalue weighted by molar-refractivity contribution is -0.148. The number of ketones is 2. The van der Waals surface area contributed by atoms with E-state index in [4.69, 9.17) is 5.73 Å². The van der Waals surface area contributed by atoms with Gasteiger partial charge in [-0.2, -0.15) is 0 Å². The number of rotatable bonds is 3. The molecule has 0 spiro atoms. The Labute approximate surface area is 202 Å². The number of benzene rings is 1. The minimum atomic E-state index is -2.64. The van der Waals surface area contributed by atoms with Gasteiger partial charge in [-0.05, 0) is 57.0 Å². The second-order valence-electron chi connectivity index (χ2n) is 9.50. The third kappa shape index (κ3) is 3.44. The first kappa shape index (κ1) is 24.5. The van der Waals surface area contributed by atoms with Gasteiger partial charge < -0.3 is 26.2 Å². The van der Waals surface area contributed by atoms with E-state index < -0.39 is 58.0 Å². The van der Waals surface area contributed by atoms with Crippen LogP contribution >= 0.6 is 0 Å². The highest BCUT2D eigenvalue weighted by Crippen LogP contribution is 2.52. The quantitative estimate of drug-likeness (QED) is 0.319. The molecule has 6 N–H and O–H groups in total. The molecule has 35 heavy (non-hydrogen) atoms. The van der Waals surface area contributed by atoms with Crippen LogP contribution < -0.4 is 5.73 Å². The molecule has 1 aromatic rings. The van der Waals surface area contributed by atoms with Crippen molar-refractivity contribution in [2.24, 2.45) is 17.6 Å². The third-order valence-electron chi connectivity index (χ3n) is 7.20. The number of nitrogens with zero attached hydrogens (tertiary/aromatic N) is 1. The Morgan fingerprint density at radius 1 is 1.23 bits per heavy atom. The van der Waals surface area contributed by atoms with E-state index in [-0.39, 0.29) is 29.7 Å². The number of likely N-dealkylation sites (N-methyl/N-ethyl adjacent to an activating group) is 1. The molecule has 1 aromatic carbocycles. The van der Waals surface area contributed by atoms with Crippen LogP contribution in [0.25, 0.3) is 0 Å². The molecule has 9 heteroatoms. The van der Waals surface area contributed by atoms with Crippen LogP contribution in [0.1, 0.15) is 47.7 Å². The minimum Gasteiger partial charge on any atom is -0.510 e. The summed E-state index contributed by atoms with van der Waals surface area (Å²) in [6.45, 7) is 1.99. The molecule has 0 heterocycles. The molecule has 0 saturated heterocycles. The number of hydrogen-bond acceptors (Lipinski definition) is 8. The molecule has 0 bridgehead atoms. The van der Waals surface area contributed by atoms with Crippen molar-refractivity contribution in [3.63, 3.8) is 0 Å². The molecule has 4 rings (SSSR count). The van der Waals surface area contributed by atoms with Crippen LogP contribution in [0.5, 0.6) is 5.75 Å². The van der Waals surface area contributed by atoms with Crippen LogP contribution in [-0.4, -0.2) is 68.5 Å². The van der Waals surface area contributed by atoms with E-state index in [1.165, 1.54) is 11.0 Å². The molecule has 1 amide bonds. The van der Waals surface area contributed by atoms with Gasteiger partial charge in [-0.3, -0.25) is 19.3 Å². The summed E-state index contributed by atoms with van der Waals surface area (Å²) in [5.74, 6) is -0.569. The number of Topliss-reactive ketones (excluding diaryl/α,β-unsaturated/α-hetero) is 2. The van der Waals surface area contributed by atoms with Crippen molar-refractivity contribution < 1.29 is 34.8 Å². The molecule has 184 valence electrons. The summed E-state index contributed by atoms with van der Waals surface area (Å²) in [5.41, 5.74) is 2.77. The Kier molecular flexibility index (Phi) is 5.99. The minimum absolute atomic E-state index is 0.0333. The second-order valence-corrected chi connectivity index (χ2v) is 9.50. The average molecular weight is 481 g/mol. The highest BCUT2D eigenvalue weighted by Gasteiger charge is 2.63. The van der Waals surface area contributed by atoms with Gasteiger partial charge in [0, 0.05) is 23.5 Å². The van der Waals surface area contributed by atoms with Gasteiger partial charge in [0.2, 0.25) is 5.78 Å². The predicted molar refractivity (Wildman–Crippen MR) is 125 cm³/mol. The number of unbranched alkanes of at least 4 members (excludes halogenated alkanes) is 1. The molecule has 4 atom stereocenters. The number of primary amides is 1. The maximum Gasteiger partial charge on any atom is 0.255 e.